The van der Waals surface area contributed by atoms with Crippen LogP contribution >= 0.6 is 11.6 Å². The van der Waals surface area contributed by atoms with Crippen LogP contribution < -0.4 is 10.9 Å². The van der Waals surface area contributed by atoms with E-state index in [-0.39, 0.29) is 16.9 Å². The van der Waals surface area contributed by atoms with Crippen LogP contribution in [-0.4, -0.2) is 25.1 Å². The lowest BCUT2D eigenvalue weighted by molar-refractivity contribution is 0.102. The zero-order chi connectivity index (χ0) is 23.8. The molecule has 0 aliphatic carbocycles. The van der Waals surface area contributed by atoms with Crippen LogP contribution in [0, 0.1) is 6.92 Å². The van der Waals surface area contributed by atoms with Crippen LogP contribution in [-0.2, 0) is 7.05 Å². The van der Waals surface area contributed by atoms with Crippen molar-refractivity contribution in [3.8, 4) is 22.8 Å². The second-order valence-corrected chi connectivity index (χ2v) is 8.11. The van der Waals surface area contributed by atoms with Gasteiger partial charge in [0, 0.05) is 18.1 Å². The lowest BCUT2D eigenvalue weighted by atomic mass is 10.2. The molecule has 0 bridgehead atoms. The Morgan fingerprint density at radius 3 is 2.47 bits per heavy atom. The van der Waals surface area contributed by atoms with E-state index in [9.17, 15) is 9.59 Å². The molecule has 1 amide bonds. The van der Waals surface area contributed by atoms with Gasteiger partial charge < -0.3 is 9.73 Å². The zero-order valence-electron chi connectivity index (χ0n) is 18.4. The first kappa shape index (κ1) is 21.5. The minimum absolute atomic E-state index is 0.125. The van der Waals surface area contributed by atoms with Crippen LogP contribution in [0.3, 0.4) is 0 Å². The highest BCUT2D eigenvalue weighted by Crippen LogP contribution is 2.26. The van der Waals surface area contributed by atoms with Gasteiger partial charge in [0.05, 0.1) is 23.3 Å². The van der Waals surface area contributed by atoms with Crippen molar-refractivity contribution in [2.45, 2.75) is 6.92 Å². The molecule has 5 rings (SSSR count). The summed E-state index contributed by atoms with van der Waals surface area (Å²) in [5.74, 6) is 0.0217. The molecular formula is C25H20ClN5O3. The van der Waals surface area contributed by atoms with Crippen LogP contribution in [0.2, 0.25) is 5.02 Å². The number of furan rings is 1. The Morgan fingerprint density at radius 2 is 1.76 bits per heavy atom. The second kappa shape index (κ2) is 8.57. The molecular weight excluding hydrogens is 454 g/mol. The SMILES string of the molecule is Cc1c(NC(=O)c2cc(-c3ccco3)n(-c3cccc(Cl)c3)n2)c(=O)n(-c2ccccc2)n1C. The molecule has 8 nitrogen and oxygen atoms in total. The van der Waals surface area contributed by atoms with Gasteiger partial charge in [0.1, 0.15) is 11.4 Å². The van der Waals surface area contributed by atoms with E-state index < -0.39 is 5.91 Å². The summed E-state index contributed by atoms with van der Waals surface area (Å²) in [6.45, 7) is 1.77. The first-order valence-electron chi connectivity index (χ1n) is 10.5. The smallest absolute Gasteiger partial charge is 0.295 e. The molecule has 2 aromatic carbocycles. The van der Waals surface area contributed by atoms with Gasteiger partial charge in [-0.25, -0.2) is 9.36 Å². The van der Waals surface area contributed by atoms with E-state index in [1.165, 1.54) is 4.68 Å². The van der Waals surface area contributed by atoms with Crippen LogP contribution in [0.4, 0.5) is 5.69 Å². The van der Waals surface area contributed by atoms with E-state index in [0.29, 0.717) is 33.5 Å². The number of hydrogen-bond acceptors (Lipinski definition) is 4. The summed E-state index contributed by atoms with van der Waals surface area (Å²) in [5, 5.41) is 7.77. The molecule has 9 heteroatoms. The number of amides is 1. The third-order valence-electron chi connectivity index (χ3n) is 5.56. The number of hydrogen-bond donors (Lipinski definition) is 1. The number of anilines is 1. The molecule has 1 N–H and O–H groups in total. The van der Waals surface area contributed by atoms with Gasteiger partial charge in [-0.1, -0.05) is 35.9 Å². The third kappa shape index (κ3) is 3.74. The molecule has 0 fully saturated rings. The highest BCUT2D eigenvalue weighted by molar-refractivity contribution is 6.30. The second-order valence-electron chi connectivity index (χ2n) is 7.67. The molecule has 3 aromatic heterocycles. The average Bonchev–Trinajstić information content (AvgIpc) is 3.56. The van der Waals surface area contributed by atoms with Gasteiger partial charge in [0.25, 0.3) is 11.5 Å². The first-order chi connectivity index (χ1) is 16.4. The molecule has 0 spiro atoms. The van der Waals surface area contributed by atoms with Crippen LogP contribution in [0.1, 0.15) is 16.2 Å². The molecule has 5 aromatic rings. The zero-order valence-corrected chi connectivity index (χ0v) is 19.2. The monoisotopic (exact) mass is 473 g/mol. The number of carbonyl (C=O) groups is 1. The molecule has 0 aliphatic heterocycles. The van der Waals surface area contributed by atoms with Crippen molar-refractivity contribution >= 4 is 23.2 Å². The summed E-state index contributed by atoms with van der Waals surface area (Å²) in [6.07, 6.45) is 1.55. The van der Waals surface area contributed by atoms with Gasteiger partial charge in [-0.3, -0.25) is 14.3 Å². The Balaban J connectivity index is 1.55. The van der Waals surface area contributed by atoms with Crippen molar-refractivity contribution in [1.29, 1.82) is 0 Å². The molecule has 34 heavy (non-hydrogen) atoms. The maximum absolute atomic E-state index is 13.2. The summed E-state index contributed by atoms with van der Waals surface area (Å²) < 4.78 is 10.3. The van der Waals surface area contributed by atoms with Crippen LogP contribution in [0.5, 0.6) is 0 Å². The van der Waals surface area contributed by atoms with Gasteiger partial charge in [0.15, 0.2) is 11.5 Å². The number of halogens is 1. The number of rotatable bonds is 5. The van der Waals surface area contributed by atoms with E-state index in [1.54, 1.807) is 66.0 Å². The first-order valence-corrected chi connectivity index (χ1v) is 10.9. The standard InChI is InChI=1S/C25H20ClN5O3/c1-16-23(25(33)31(29(16)2)18-9-4-3-5-10-18)27-24(32)20-15-21(22-12-7-13-34-22)30(28-20)19-11-6-8-17(26)14-19/h3-15H,1-2H3,(H,27,32). The van der Waals surface area contributed by atoms with Crippen molar-refractivity contribution in [3.63, 3.8) is 0 Å². The van der Waals surface area contributed by atoms with Crippen LogP contribution in [0.25, 0.3) is 22.8 Å². The predicted octanol–water partition coefficient (Wildman–Crippen LogP) is 4.84. The Bertz CT molecular complexity index is 1550. The summed E-state index contributed by atoms with van der Waals surface area (Å²) in [4.78, 5) is 26.4. The highest BCUT2D eigenvalue weighted by atomic mass is 35.5. The molecule has 0 aliphatic rings. The fourth-order valence-electron chi connectivity index (χ4n) is 3.79. The lowest BCUT2D eigenvalue weighted by Crippen LogP contribution is -2.23. The van der Waals surface area contributed by atoms with Crippen molar-refractivity contribution < 1.29 is 9.21 Å². The van der Waals surface area contributed by atoms with Gasteiger partial charge in [0.2, 0.25) is 0 Å². The highest BCUT2D eigenvalue weighted by Gasteiger charge is 2.22. The van der Waals surface area contributed by atoms with E-state index in [0.717, 1.165) is 0 Å². The van der Waals surface area contributed by atoms with Gasteiger partial charge in [-0.2, -0.15) is 5.10 Å². The summed E-state index contributed by atoms with van der Waals surface area (Å²) >= 11 is 6.17. The van der Waals surface area contributed by atoms with Gasteiger partial charge in [-0.05, 0) is 49.4 Å². The van der Waals surface area contributed by atoms with Gasteiger partial charge >= 0.3 is 0 Å². The number of benzene rings is 2. The number of nitrogens with zero attached hydrogens (tertiary/aromatic N) is 4. The molecule has 0 saturated carbocycles. The lowest BCUT2D eigenvalue weighted by Gasteiger charge is -2.07. The average molecular weight is 474 g/mol. The normalized spacial score (nSPS) is 11.0. The number of nitrogens with one attached hydrogen (secondary N) is 1. The summed E-state index contributed by atoms with van der Waals surface area (Å²) in [6, 6.07) is 21.5. The molecule has 0 atom stereocenters. The molecule has 3 heterocycles. The maximum atomic E-state index is 13.2. The van der Waals surface area contributed by atoms with E-state index in [2.05, 4.69) is 10.4 Å². The van der Waals surface area contributed by atoms with Crippen molar-refractivity contribution in [3.05, 3.63) is 106 Å². The minimum atomic E-state index is -0.514. The molecule has 0 saturated heterocycles. The Morgan fingerprint density at radius 1 is 1.00 bits per heavy atom. The predicted molar refractivity (Wildman–Crippen MR) is 130 cm³/mol. The maximum Gasteiger partial charge on any atom is 0.295 e. The van der Waals surface area contributed by atoms with Crippen molar-refractivity contribution in [2.24, 2.45) is 7.05 Å². The largest absolute Gasteiger partial charge is 0.463 e. The molecule has 0 unspecified atom stereocenters. The fourth-order valence-corrected chi connectivity index (χ4v) is 3.97. The Labute approximate surface area is 199 Å². The fraction of sp³-hybridized carbons (Fsp3) is 0.0800. The van der Waals surface area contributed by atoms with Gasteiger partial charge in [-0.15, -0.1) is 0 Å². The van der Waals surface area contributed by atoms with Crippen molar-refractivity contribution in [2.75, 3.05) is 5.32 Å². The quantitative estimate of drug-likeness (QED) is 0.396. The number of para-hydroxylation sites is 1. The Kier molecular flexibility index (Phi) is 5.43. The Hall–Kier alpha value is -4.30. The minimum Gasteiger partial charge on any atom is -0.463 e. The molecule has 170 valence electrons. The summed E-state index contributed by atoms with van der Waals surface area (Å²) in [5.41, 5.74) is 2.53. The summed E-state index contributed by atoms with van der Waals surface area (Å²) in [7, 11) is 1.77. The van der Waals surface area contributed by atoms with Crippen molar-refractivity contribution in [1.82, 2.24) is 19.1 Å². The number of carbonyl (C=O) groups excluding carboxylic acids is 1. The topological polar surface area (TPSA) is 87.0 Å². The molecule has 0 radical (unpaired) electrons. The van der Waals surface area contributed by atoms with Crippen LogP contribution in [0.15, 0.2) is 88.3 Å². The van der Waals surface area contributed by atoms with E-state index in [1.807, 2.05) is 36.4 Å². The number of aromatic nitrogens is 4. The third-order valence-corrected chi connectivity index (χ3v) is 5.80. The van der Waals surface area contributed by atoms with E-state index >= 15 is 0 Å². The van der Waals surface area contributed by atoms with E-state index in [4.69, 9.17) is 16.0 Å².